The SMILES string of the molecule is O=S(=O)(Cc1ccccc1)N1CCOC(c2cc(Cl)cc(Cl)c2)C1. The van der Waals surface area contributed by atoms with Gasteiger partial charge >= 0.3 is 0 Å². The van der Waals surface area contributed by atoms with E-state index in [1.165, 1.54) is 4.31 Å². The fourth-order valence-electron chi connectivity index (χ4n) is 2.72. The summed E-state index contributed by atoms with van der Waals surface area (Å²) in [6.07, 6.45) is -0.375. The van der Waals surface area contributed by atoms with E-state index >= 15 is 0 Å². The summed E-state index contributed by atoms with van der Waals surface area (Å²) in [5, 5.41) is 1.01. The van der Waals surface area contributed by atoms with E-state index in [-0.39, 0.29) is 18.4 Å². The molecule has 0 bridgehead atoms. The van der Waals surface area contributed by atoms with Crippen molar-refractivity contribution in [3.8, 4) is 0 Å². The first-order valence-electron chi connectivity index (χ1n) is 7.53. The predicted octanol–water partition coefficient (Wildman–Crippen LogP) is 3.90. The van der Waals surface area contributed by atoms with Gasteiger partial charge in [0.25, 0.3) is 0 Å². The maximum Gasteiger partial charge on any atom is 0.218 e. The summed E-state index contributed by atoms with van der Waals surface area (Å²) in [5.41, 5.74) is 1.55. The van der Waals surface area contributed by atoms with Crippen molar-refractivity contribution in [2.45, 2.75) is 11.9 Å². The summed E-state index contributed by atoms with van der Waals surface area (Å²) < 4.78 is 32.6. The normalized spacial score (nSPS) is 19.3. The van der Waals surface area contributed by atoms with Crippen LogP contribution in [0.1, 0.15) is 17.2 Å². The van der Waals surface area contributed by atoms with E-state index in [1.54, 1.807) is 18.2 Å². The molecule has 2 aromatic rings. The van der Waals surface area contributed by atoms with Gasteiger partial charge < -0.3 is 4.74 Å². The molecular weight excluding hydrogens is 369 g/mol. The van der Waals surface area contributed by atoms with Gasteiger partial charge in [-0.05, 0) is 29.3 Å². The zero-order valence-corrected chi connectivity index (χ0v) is 15.2. The molecular formula is C17H17Cl2NO3S. The fraction of sp³-hybridized carbons (Fsp3) is 0.294. The van der Waals surface area contributed by atoms with Crippen LogP contribution in [0, 0.1) is 0 Å². The molecule has 1 fully saturated rings. The largest absolute Gasteiger partial charge is 0.371 e. The van der Waals surface area contributed by atoms with Gasteiger partial charge in [0.05, 0.1) is 18.5 Å². The molecule has 0 amide bonds. The molecule has 1 aliphatic heterocycles. The summed E-state index contributed by atoms with van der Waals surface area (Å²) in [6.45, 7) is 0.939. The standard InChI is InChI=1S/C17H17Cl2NO3S/c18-15-8-14(9-16(19)10-15)17-11-20(6-7-23-17)24(21,22)12-13-4-2-1-3-5-13/h1-5,8-10,17H,6-7,11-12H2. The van der Waals surface area contributed by atoms with Crippen molar-refractivity contribution in [2.75, 3.05) is 19.7 Å². The number of halogens is 2. The summed E-state index contributed by atoms with van der Waals surface area (Å²) in [5.74, 6) is -0.0170. The summed E-state index contributed by atoms with van der Waals surface area (Å²) in [6, 6.07) is 14.3. The molecule has 0 N–H and O–H groups in total. The van der Waals surface area contributed by atoms with E-state index in [2.05, 4.69) is 0 Å². The van der Waals surface area contributed by atoms with Gasteiger partial charge in [0.15, 0.2) is 0 Å². The highest BCUT2D eigenvalue weighted by atomic mass is 35.5. The number of sulfonamides is 1. The topological polar surface area (TPSA) is 46.6 Å². The van der Waals surface area contributed by atoms with Crippen molar-refractivity contribution in [3.05, 3.63) is 69.7 Å². The Kier molecular flexibility index (Phi) is 5.47. The lowest BCUT2D eigenvalue weighted by Crippen LogP contribution is -2.42. The van der Waals surface area contributed by atoms with Crippen LogP contribution in [0.2, 0.25) is 10.0 Å². The van der Waals surface area contributed by atoms with Crippen molar-refractivity contribution in [1.82, 2.24) is 4.31 Å². The maximum atomic E-state index is 12.7. The van der Waals surface area contributed by atoms with Crippen LogP contribution in [0.4, 0.5) is 0 Å². The van der Waals surface area contributed by atoms with Gasteiger partial charge in [0, 0.05) is 23.1 Å². The Balaban J connectivity index is 1.77. The number of morpholine rings is 1. The zero-order chi connectivity index (χ0) is 17.2. The van der Waals surface area contributed by atoms with E-state index in [1.807, 2.05) is 30.3 Å². The van der Waals surface area contributed by atoms with Gasteiger partial charge in [0.1, 0.15) is 0 Å². The molecule has 0 radical (unpaired) electrons. The average molecular weight is 386 g/mol. The summed E-state index contributed by atoms with van der Waals surface area (Å²) in [7, 11) is -3.41. The molecule has 0 aliphatic carbocycles. The minimum Gasteiger partial charge on any atom is -0.371 e. The molecule has 0 saturated carbocycles. The highest BCUT2D eigenvalue weighted by Crippen LogP contribution is 2.29. The molecule has 1 saturated heterocycles. The monoisotopic (exact) mass is 385 g/mol. The Bertz CT molecular complexity index is 792. The predicted molar refractivity (Wildman–Crippen MR) is 95.8 cm³/mol. The first kappa shape index (κ1) is 17.7. The van der Waals surface area contributed by atoms with Crippen molar-refractivity contribution < 1.29 is 13.2 Å². The van der Waals surface area contributed by atoms with Crippen LogP contribution >= 0.6 is 23.2 Å². The lowest BCUT2D eigenvalue weighted by Gasteiger charge is -2.32. The molecule has 128 valence electrons. The highest BCUT2D eigenvalue weighted by Gasteiger charge is 2.30. The number of nitrogens with zero attached hydrogens (tertiary/aromatic N) is 1. The van der Waals surface area contributed by atoms with Crippen molar-refractivity contribution in [3.63, 3.8) is 0 Å². The Morgan fingerprint density at radius 2 is 1.75 bits per heavy atom. The molecule has 7 heteroatoms. The van der Waals surface area contributed by atoms with Crippen LogP contribution in [-0.2, 0) is 20.5 Å². The molecule has 1 aliphatic rings. The Morgan fingerprint density at radius 1 is 1.08 bits per heavy atom. The van der Waals surface area contributed by atoms with E-state index in [0.29, 0.717) is 23.2 Å². The van der Waals surface area contributed by atoms with Gasteiger partial charge in [-0.2, -0.15) is 4.31 Å². The van der Waals surface area contributed by atoms with E-state index in [4.69, 9.17) is 27.9 Å². The third-order valence-corrected chi connectivity index (χ3v) is 6.12. The minimum absolute atomic E-state index is 0.0170. The molecule has 1 atom stereocenters. The average Bonchev–Trinajstić information content (AvgIpc) is 2.55. The number of ether oxygens (including phenoxy) is 1. The fourth-order valence-corrected chi connectivity index (χ4v) is 4.77. The quantitative estimate of drug-likeness (QED) is 0.801. The van der Waals surface area contributed by atoms with Gasteiger partial charge in [-0.25, -0.2) is 8.42 Å². The third-order valence-electron chi connectivity index (χ3n) is 3.87. The van der Waals surface area contributed by atoms with Crippen LogP contribution in [0.25, 0.3) is 0 Å². The molecule has 4 nitrogen and oxygen atoms in total. The summed E-state index contributed by atoms with van der Waals surface area (Å²) in [4.78, 5) is 0. The highest BCUT2D eigenvalue weighted by molar-refractivity contribution is 7.88. The van der Waals surface area contributed by atoms with Crippen molar-refractivity contribution >= 4 is 33.2 Å². The summed E-state index contributed by atoms with van der Waals surface area (Å²) >= 11 is 12.1. The third kappa shape index (κ3) is 4.29. The molecule has 0 aromatic heterocycles. The van der Waals surface area contributed by atoms with Crippen LogP contribution < -0.4 is 0 Å². The van der Waals surface area contributed by atoms with E-state index in [0.717, 1.165) is 11.1 Å². The van der Waals surface area contributed by atoms with E-state index in [9.17, 15) is 8.42 Å². The Labute approximate surface area is 152 Å². The van der Waals surface area contributed by atoms with Crippen LogP contribution in [0.5, 0.6) is 0 Å². The second-order valence-corrected chi connectivity index (χ2v) is 8.50. The first-order valence-corrected chi connectivity index (χ1v) is 9.90. The molecule has 1 heterocycles. The van der Waals surface area contributed by atoms with Crippen LogP contribution in [0.15, 0.2) is 48.5 Å². The number of hydrogen-bond acceptors (Lipinski definition) is 3. The Morgan fingerprint density at radius 3 is 2.42 bits per heavy atom. The first-order chi connectivity index (χ1) is 11.4. The lowest BCUT2D eigenvalue weighted by molar-refractivity contribution is -0.00259. The maximum absolute atomic E-state index is 12.7. The second kappa shape index (κ2) is 7.42. The van der Waals surface area contributed by atoms with Crippen LogP contribution in [-0.4, -0.2) is 32.4 Å². The van der Waals surface area contributed by atoms with Gasteiger partial charge in [0.2, 0.25) is 10.0 Å². The van der Waals surface area contributed by atoms with Gasteiger partial charge in [-0.1, -0.05) is 53.5 Å². The van der Waals surface area contributed by atoms with Crippen LogP contribution in [0.3, 0.4) is 0 Å². The molecule has 0 spiro atoms. The number of rotatable bonds is 4. The van der Waals surface area contributed by atoms with Gasteiger partial charge in [-0.3, -0.25) is 0 Å². The van der Waals surface area contributed by atoms with Gasteiger partial charge in [-0.15, -0.1) is 0 Å². The molecule has 2 aromatic carbocycles. The minimum atomic E-state index is -3.41. The molecule has 24 heavy (non-hydrogen) atoms. The smallest absolute Gasteiger partial charge is 0.218 e. The number of hydrogen-bond donors (Lipinski definition) is 0. The molecule has 3 rings (SSSR count). The van der Waals surface area contributed by atoms with Crippen molar-refractivity contribution in [2.24, 2.45) is 0 Å². The molecule has 1 unspecified atom stereocenters. The van der Waals surface area contributed by atoms with Crippen molar-refractivity contribution in [1.29, 1.82) is 0 Å². The zero-order valence-electron chi connectivity index (χ0n) is 12.9. The number of benzene rings is 2. The van der Waals surface area contributed by atoms with E-state index < -0.39 is 10.0 Å². The second-order valence-electron chi connectivity index (χ2n) is 5.66. The Hall–Kier alpha value is -1.11. The lowest BCUT2D eigenvalue weighted by atomic mass is 10.1.